The van der Waals surface area contributed by atoms with Crippen LogP contribution in [0, 0.1) is 0 Å². The quantitative estimate of drug-likeness (QED) is 0.793. The molecule has 3 amide bonds. The molecule has 0 bridgehead atoms. The van der Waals surface area contributed by atoms with Crippen LogP contribution in [0.4, 0.5) is 10.5 Å². The molecule has 3 N–H and O–H groups in total. The first-order valence-electron chi connectivity index (χ1n) is 6.74. The number of halogens is 1. The molecule has 0 aromatic heterocycles. The van der Waals surface area contributed by atoms with Crippen LogP contribution in [0.1, 0.15) is 5.56 Å². The second kappa shape index (κ2) is 8.05. The first-order chi connectivity index (χ1) is 10.6. The Morgan fingerprint density at radius 2 is 1.73 bits per heavy atom. The number of hydrogen-bond donors (Lipinski definition) is 3. The lowest BCUT2D eigenvalue weighted by Gasteiger charge is -2.08. The molecular formula is C16H16ClN3O2. The molecule has 2 rings (SSSR count). The van der Waals surface area contributed by atoms with Gasteiger partial charge in [0.05, 0.1) is 6.54 Å². The molecule has 0 radical (unpaired) electrons. The average Bonchev–Trinajstić information content (AvgIpc) is 2.52. The molecule has 114 valence electrons. The number of anilines is 1. The van der Waals surface area contributed by atoms with E-state index in [9.17, 15) is 9.59 Å². The van der Waals surface area contributed by atoms with E-state index in [-0.39, 0.29) is 12.5 Å². The van der Waals surface area contributed by atoms with Crippen LogP contribution in [0.5, 0.6) is 0 Å². The van der Waals surface area contributed by atoms with Crippen molar-refractivity contribution in [3.05, 3.63) is 65.2 Å². The number of carbonyl (C=O) groups excluding carboxylic acids is 2. The molecule has 0 aliphatic rings. The van der Waals surface area contributed by atoms with Crippen LogP contribution in [0.25, 0.3) is 0 Å². The van der Waals surface area contributed by atoms with Crippen molar-refractivity contribution < 1.29 is 9.59 Å². The second-order valence-electron chi connectivity index (χ2n) is 4.58. The SMILES string of the molecule is O=C(CNC(=O)NCc1cccc(Cl)c1)Nc1ccccc1. The van der Waals surface area contributed by atoms with E-state index >= 15 is 0 Å². The average molecular weight is 318 g/mol. The summed E-state index contributed by atoms with van der Waals surface area (Å²) in [6.45, 7) is 0.239. The molecular weight excluding hydrogens is 302 g/mol. The van der Waals surface area contributed by atoms with Gasteiger partial charge in [0.25, 0.3) is 0 Å². The molecule has 22 heavy (non-hydrogen) atoms. The van der Waals surface area contributed by atoms with E-state index in [0.717, 1.165) is 5.56 Å². The highest BCUT2D eigenvalue weighted by Crippen LogP contribution is 2.10. The Balaban J connectivity index is 1.70. The highest BCUT2D eigenvalue weighted by Gasteiger charge is 2.05. The van der Waals surface area contributed by atoms with E-state index < -0.39 is 6.03 Å². The monoisotopic (exact) mass is 317 g/mol. The maximum absolute atomic E-state index is 11.7. The molecule has 0 aliphatic carbocycles. The minimum atomic E-state index is -0.414. The lowest BCUT2D eigenvalue weighted by atomic mass is 10.2. The molecule has 0 heterocycles. The molecule has 2 aromatic carbocycles. The van der Waals surface area contributed by atoms with Crippen molar-refractivity contribution in [1.29, 1.82) is 0 Å². The van der Waals surface area contributed by atoms with Gasteiger partial charge in [-0.25, -0.2) is 4.79 Å². The summed E-state index contributed by atoms with van der Waals surface area (Å²) in [7, 11) is 0. The molecule has 0 fully saturated rings. The second-order valence-corrected chi connectivity index (χ2v) is 5.02. The summed E-state index contributed by atoms with van der Waals surface area (Å²) < 4.78 is 0. The number of rotatable bonds is 5. The number of benzene rings is 2. The molecule has 2 aromatic rings. The normalized spacial score (nSPS) is 9.86. The lowest BCUT2D eigenvalue weighted by Crippen LogP contribution is -2.39. The highest BCUT2D eigenvalue weighted by molar-refractivity contribution is 6.30. The van der Waals surface area contributed by atoms with Gasteiger partial charge in [0.1, 0.15) is 0 Å². The van der Waals surface area contributed by atoms with Crippen molar-refractivity contribution in [2.75, 3.05) is 11.9 Å². The van der Waals surface area contributed by atoms with E-state index in [4.69, 9.17) is 11.6 Å². The summed E-state index contributed by atoms with van der Waals surface area (Å²) in [6.07, 6.45) is 0. The molecule has 0 saturated heterocycles. The molecule has 0 saturated carbocycles. The predicted octanol–water partition coefficient (Wildman–Crippen LogP) is 2.78. The van der Waals surface area contributed by atoms with Gasteiger partial charge in [-0.2, -0.15) is 0 Å². The lowest BCUT2D eigenvalue weighted by molar-refractivity contribution is -0.115. The first kappa shape index (κ1) is 15.9. The van der Waals surface area contributed by atoms with Gasteiger partial charge >= 0.3 is 6.03 Å². The Bertz CT molecular complexity index is 647. The standard InChI is InChI=1S/C16H16ClN3O2/c17-13-6-4-5-12(9-13)10-18-16(22)19-11-15(21)20-14-7-2-1-3-8-14/h1-9H,10-11H2,(H,20,21)(H2,18,19,22). The van der Waals surface area contributed by atoms with Crippen molar-refractivity contribution >= 4 is 29.2 Å². The third-order valence-electron chi connectivity index (χ3n) is 2.81. The first-order valence-corrected chi connectivity index (χ1v) is 7.12. The summed E-state index contributed by atoms with van der Waals surface area (Å²) in [5.41, 5.74) is 1.57. The van der Waals surface area contributed by atoms with Crippen molar-refractivity contribution in [3.8, 4) is 0 Å². The van der Waals surface area contributed by atoms with Crippen molar-refractivity contribution in [2.24, 2.45) is 0 Å². The smallest absolute Gasteiger partial charge is 0.315 e. The number of para-hydroxylation sites is 1. The van der Waals surface area contributed by atoms with Crippen LogP contribution in [-0.4, -0.2) is 18.5 Å². The third kappa shape index (κ3) is 5.46. The van der Waals surface area contributed by atoms with Crippen molar-refractivity contribution in [2.45, 2.75) is 6.54 Å². The van der Waals surface area contributed by atoms with Gasteiger partial charge in [0.2, 0.25) is 5.91 Å². The minimum Gasteiger partial charge on any atom is -0.334 e. The number of amides is 3. The van der Waals surface area contributed by atoms with Crippen molar-refractivity contribution in [3.63, 3.8) is 0 Å². The van der Waals surface area contributed by atoms with E-state index in [1.165, 1.54) is 0 Å². The van der Waals surface area contributed by atoms with Crippen LogP contribution in [0.3, 0.4) is 0 Å². The van der Waals surface area contributed by atoms with Gasteiger partial charge in [-0.3, -0.25) is 4.79 Å². The zero-order chi connectivity index (χ0) is 15.8. The Hall–Kier alpha value is -2.53. The minimum absolute atomic E-state index is 0.101. The maximum atomic E-state index is 11.7. The molecule has 0 spiro atoms. The number of urea groups is 1. The molecule has 0 aliphatic heterocycles. The van der Waals surface area contributed by atoms with E-state index in [0.29, 0.717) is 17.3 Å². The largest absolute Gasteiger partial charge is 0.334 e. The Morgan fingerprint density at radius 3 is 2.45 bits per heavy atom. The fraction of sp³-hybridized carbons (Fsp3) is 0.125. The van der Waals surface area contributed by atoms with Crippen LogP contribution >= 0.6 is 11.6 Å². The van der Waals surface area contributed by atoms with Crippen LogP contribution < -0.4 is 16.0 Å². The Labute approximate surface area is 133 Å². The van der Waals surface area contributed by atoms with Crippen molar-refractivity contribution in [1.82, 2.24) is 10.6 Å². The van der Waals surface area contributed by atoms with E-state index in [2.05, 4.69) is 16.0 Å². The van der Waals surface area contributed by atoms with Crippen LogP contribution in [-0.2, 0) is 11.3 Å². The third-order valence-corrected chi connectivity index (χ3v) is 3.04. The van der Waals surface area contributed by atoms with Gasteiger partial charge in [-0.15, -0.1) is 0 Å². The molecule has 0 unspecified atom stereocenters. The number of hydrogen-bond acceptors (Lipinski definition) is 2. The molecule has 6 heteroatoms. The van der Waals surface area contributed by atoms with Gasteiger partial charge < -0.3 is 16.0 Å². The van der Waals surface area contributed by atoms with Gasteiger partial charge in [0, 0.05) is 17.3 Å². The predicted molar refractivity (Wildman–Crippen MR) is 86.8 cm³/mol. The summed E-state index contributed by atoms with van der Waals surface area (Å²) >= 11 is 5.86. The van der Waals surface area contributed by atoms with E-state index in [1.54, 1.807) is 24.3 Å². The fourth-order valence-corrected chi connectivity index (χ4v) is 1.99. The Morgan fingerprint density at radius 1 is 0.955 bits per heavy atom. The maximum Gasteiger partial charge on any atom is 0.315 e. The number of carbonyl (C=O) groups is 2. The Kier molecular flexibility index (Phi) is 5.80. The highest BCUT2D eigenvalue weighted by atomic mass is 35.5. The zero-order valence-electron chi connectivity index (χ0n) is 11.8. The van der Waals surface area contributed by atoms with Gasteiger partial charge in [-0.1, -0.05) is 41.9 Å². The summed E-state index contributed by atoms with van der Waals surface area (Å²) in [5, 5.41) is 8.44. The molecule has 5 nitrogen and oxygen atoms in total. The summed E-state index contributed by atoms with van der Waals surface area (Å²) in [6, 6.07) is 15.8. The zero-order valence-corrected chi connectivity index (χ0v) is 12.6. The van der Waals surface area contributed by atoms with Gasteiger partial charge in [0.15, 0.2) is 0 Å². The summed E-state index contributed by atoms with van der Waals surface area (Å²) in [4.78, 5) is 23.3. The van der Waals surface area contributed by atoms with Crippen LogP contribution in [0.15, 0.2) is 54.6 Å². The topological polar surface area (TPSA) is 70.2 Å². The van der Waals surface area contributed by atoms with E-state index in [1.807, 2.05) is 30.3 Å². The van der Waals surface area contributed by atoms with Gasteiger partial charge in [-0.05, 0) is 29.8 Å². The summed E-state index contributed by atoms with van der Waals surface area (Å²) in [5.74, 6) is -0.288. The number of nitrogens with one attached hydrogen (secondary N) is 3. The fourth-order valence-electron chi connectivity index (χ4n) is 1.78. The molecule has 0 atom stereocenters. The van der Waals surface area contributed by atoms with Crippen LogP contribution in [0.2, 0.25) is 5.02 Å².